The lowest BCUT2D eigenvalue weighted by Crippen LogP contribution is -2.35. The van der Waals surface area contributed by atoms with E-state index in [0.29, 0.717) is 12.4 Å². The molecule has 0 aromatic heterocycles. The summed E-state index contributed by atoms with van der Waals surface area (Å²) in [7, 11) is 1.30. The van der Waals surface area contributed by atoms with Gasteiger partial charge in [0.1, 0.15) is 18.1 Å². The number of hydrogen-bond acceptors (Lipinski definition) is 4. The fraction of sp³-hybridized carbons (Fsp3) is 0.500. The number of fused-ring (bicyclic) bond motifs is 2. The van der Waals surface area contributed by atoms with Crippen LogP contribution in [0.4, 0.5) is 4.79 Å². The van der Waals surface area contributed by atoms with Crippen LogP contribution in [0, 0.1) is 6.92 Å². The molecule has 2 aromatic rings. The Morgan fingerprint density at radius 3 is 2.17 bits per heavy atom. The lowest BCUT2D eigenvalue weighted by molar-refractivity contribution is 0.121. The second-order valence-electron chi connectivity index (χ2n) is 10.3. The fourth-order valence-electron chi connectivity index (χ4n) is 5.12. The third-order valence-electron chi connectivity index (χ3n) is 7.22. The van der Waals surface area contributed by atoms with Gasteiger partial charge in [-0.2, -0.15) is 0 Å². The Hall–Kier alpha value is -2.49. The molecule has 30 heavy (non-hydrogen) atoms. The van der Waals surface area contributed by atoms with E-state index in [0.717, 1.165) is 11.3 Å². The molecule has 1 heterocycles. The molecule has 0 bridgehead atoms. The summed E-state index contributed by atoms with van der Waals surface area (Å²) in [6.07, 6.45) is 1.66. The van der Waals surface area contributed by atoms with Gasteiger partial charge in [0.05, 0.1) is 12.5 Å². The van der Waals surface area contributed by atoms with Gasteiger partial charge in [-0.25, -0.2) is 4.79 Å². The van der Waals surface area contributed by atoms with E-state index in [2.05, 4.69) is 58.4 Å². The molecular weight excluding hydrogens is 376 g/mol. The van der Waals surface area contributed by atoms with Gasteiger partial charge < -0.3 is 14.2 Å². The molecule has 2 aromatic carbocycles. The maximum Gasteiger partial charge on any atom is 0.513 e. The first-order valence-electron chi connectivity index (χ1n) is 10.7. The first-order valence-corrected chi connectivity index (χ1v) is 10.7. The molecule has 2 aliphatic rings. The zero-order chi connectivity index (χ0) is 21.9. The van der Waals surface area contributed by atoms with Crippen molar-refractivity contribution in [3.05, 3.63) is 58.1 Å². The summed E-state index contributed by atoms with van der Waals surface area (Å²) in [4.78, 5) is 11.4. The van der Waals surface area contributed by atoms with E-state index < -0.39 is 6.16 Å². The number of ether oxygens (including phenoxy) is 3. The number of methoxy groups -OCH3 is 1. The largest absolute Gasteiger partial charge is 0.513 e. The van der Waals surface area contributed by atoms with Crippen LogP contribution in [0.3, 0.4) is 0 Å². The molecule has 4 rings (SSSR count). The van der Waals surface area contributed by atoms with Crippen LogP contribution in [0.25, 0.3) is 0 Å². The van der Waals surface area contributed by atoms with E-state index in [1.54, 1.807) is 6.07 Å². The summed E-state index contributed by atoms with van der Waals surface area (Å²) in [6, 6.07) is 10.4. The minimum absolute atomic E-state index is 0.157. The van der Waals surface area contributed by atoms with Crippen molar-refractivity contribution in [3.63, 3.8) is 0 Å². The van der Waals surface area contributed by atoms with Gasteiger partial charge in [0.15, 0.2) is 0 Å². The predicted molar refractivity (Wildman–Crippen MR) is 118 cm³/mol. The highest BCUT2D eigenvalue weighted by molar-refractivity contribution is 5.65. The molecular formula is C26H32O4. The third-order valence-corrected chi connectivity index (χ3v) is 7.22. The van der Waals surface area contributed by atoms with Crippen LogP contribution in [0.5, 0.6) is 11.5 Å². The molecule has 4 nitrogen and oxygen atoms in total. The van der Waals surface area contributed by atoms with Crippen LogP contribution in [-0.2, 0) is 21.0 Å². The molecule has 1 atom stereocenters. The molecule has 0 radical (unpaired) electrons. The van der Waals surface area contributed by atoms with E-state index in [9.17, 15) is 4.79 Å². The van der Waals surface area contributed by atoms with Gasteiger partial charge in [-0.15, -0.1) is 0 Å². The van der Waals surface area contributed by atoms with Gasteiger partial charge in [-0.05, 0) is 65.8 Å². The molecule has 1 aliphatic heterocycles. The molecule has 160 valence electrons. The minimum atomic E-state index is -0.730. The lowest BCUT2D eigenvalue weighted by atomic mass is 9.61. The van der Waals surface area contributed by atoms with Gasteiger partial charge in [0.25, 0.3) is 0 Å². The number of aryl methyl sites for hydroxylation is 1. The van der Waals surface area contributed by atoms with E-state index in [4.69, 9.17) is 9.47 Å². The van der Waals surface area contributed by atoms with Crippen molar-refractivity contribution in [2.24, 2.45) is 0 Å². The number of hydrogen-bond donors (Lipinski definition) is 0. The third kappa shape index (κ3) is 3.17. The van der Waals surface area contributed by atoms with E-state index in [1.807, 2.05) is 12.1 Å². The lowest BCUT2D eigenvalue weighted by Gasteiger charge is -2.43. The molecule has 0 spiro atoms. The van der Waals surface area contributed by atoms with E-state index >= 15 is 0 Å². The first kappa shape index (κ1) is 20.8. The van der Waals surface area contributed by atoms with Crippen LogP contribution in [0.1, 0.15) is 75.3 Å². The van der Waals surface area contributed by atoms with Crippen LogP contribution in [-0.4, -0.2) is 19.9 Å². The molecule has 0 saturated heterocycles. The van der Waals surface area contributed by atoms with Crippen molar-refractivity contribution >= 4 is 6.16 Å². The smallest absolute Gasteiger partial charge is 0.492 e. The van der Waals surface area contributed by atoms with Crippen molar-refractivity contribution in [2.75, 3.05) is 13.7 Å². The van der Waals surface area contributed by atoms with Crippen LogP contribution in [0.2, 0.25) is 0 Å². The van der Waals surface area contributed by atoms with E-state index in [-0.39, 0.29) is 16.2 Å². The molecule has 1 unspecified atom stereocenters. The molecule has 0 N–H and O–H groups in total. The summed E-state index contributed by atoms with van der Waals surface area (Å²) in [5.41, 5.74) is 6.76. The molecule has 0 amide bonds. The summed E-state index contributed by atoms with van der Waals surface area (Å²) in [5.74, 6) is 1.19. The van der Waals surface area contributed by atoms with Crippen LogP contribution in [0.15, 0.2) is 30.3 Å². The Bertz CT molecular complexity index is 1020. The number of carbonyl (C=O) groups excluding carboxylic acids is 1. The molecule has 4 heteroatoms. The zero-order valence-corrected chi connectivity index (χ0v) is 19.1. The number of benzene rings is 2. The highest BCUT2D eigenvalue weighted by Gasteiger charge is 2.43. The van der Waals surface area contributed by atoms with Crippen LogP contribution >= 0.6 is 0 Å². The summed E-state index contributed by atoms with van der Waals surface area (Å²) >= 11 is 0. The van der Waals surface area contributed by atoms with Crippen LogP contribution < -0.4 is 9.47 Å². The highest BCUT2D eigenvalue weighted by Crippen LogP contribution is 2.50. The Balaban J connectivity index is 1.80. The predicted octanol–water partition coefficient (Wildman–Crippen LogP) is 6.19. The monoisotopic (exact) mass is 408 g/mol. The van der Waals surface area contributed by atoms with Crippen molar-refractivity contribution in [1.29, 1.82) is 0 Å². The van der Waals surface area contributed by atoms with E-state index in [1.165, 1.54) is 42.2 Å². The van der Waals surface area contributed by atoms with Gasteiger partial charge in [-0.1, -0.05) is 45.9 Å². The number of rotatable bonds is 2. The maximum atomic E-state index is 11.4. The van der Waals surface area contributed by atoms with Gasteiger partial charge in [0.2, 0.25) is 0 Å². The second-order valence-corrected chi connectivity index (χ2v) is 10.3. The van der Waals surface area contributed by atoms with Gasteiger partial charge in [0, 0.05) is 11.6 Å². The van der Waals surface area contributed by atoms with Crippen molar-refractivity contribution in [2.45, 2.75) is 70.6 Å². The van der Waals surface area contributed by atoms with Crippen molar-refractivity contribution < 1.29 is 19.0 Å². The topological polar surface area (TPSA) is 44.8 Å². The maximum absolute atomic E-state index is 11.4. The average molecular weight is 409 g/mol. The molecule has 1 aliphatic carbocycles. The van der Waals surface area contributed by atoms with Gasteiger partial charge >= 0.3 is 6.16 Å². The van der Waals surface area contributed by atoms with Crippen molar-refractivity contribution in [1.82, 2.24) is 0 Å². The fourth-order valence-corrected chi connectivity index (χ4v) is 5.12. The normalized spacial score (nSPS) is 23.2. The summed E-state index contributed by atoms with van der Waals surface area (Å²) < 4.78 is 15.8. The Kier molecular flexibility index (Phi) is 4.68. The van der Waals surface area contributed by atoms with Gasteiger partial charge in [-0.3, -0.25) is 0 Å². The molecule has 0 saturated carbocycles. The average Bonchev–Trinajstić information content (AvgIpc) is 3.02. The summed E-state index contributed by atoms with van der Waals surface area (Å²) in [5, 5.41) is 0. The molecule has 0 fully saturated rings. The Morgan fingerprint density at radius 2 is 1.53 bits per heavy atom. The summed E-state index contributed by atoms with van der Waals surface area (Å²) in [6.45, 7) is 14.5. The standard InChI is InChI=1S/C26H32O4/c1-16-12-20-21(25(4,5)11-10-24(20,2)3)14-19(16)26(6)15-29-22-13-17(8-9-18(22)26)30-23(27)28-7/h8-9,12-14H,10-11,15H2,1-7H3. The number of carbonyl (C=O) groups is 1. The second kappa shape index (κ2) is 6.76. The minimum Gasteiger partial charge on any atom is -0.492 e. The Labute approximate surface area is 179 Å². The quantitative estimate of drug-likeness (QED) is 0.439. The zero-order valence-electron chi connectivity index (χ0n) is 19.1. The Morgan fingerprint density at radius 1 is 0.900 bits per heavy atom. The highest BCUT2D eigenvalue weighted by atomic mass is 16.7. The van der Waals surface area contributed by atoms with Crippen molar-refractivity contribution in [3.8, 4) is 11.5 Å². The first-order chi connectivity index (χ1) is 14.0. The SMILES string of the molecule is COC(=O)Oc1ccc2c(c1)OCC2(C)c1cc2c(cc1C)C(C)(C)CCC2(C)C.